The largest absolute Gasteiger partial charge is 0.508 e. The van der Waals surface area contributed by atoms with Gasteiger partial charge in [-0.25, -0.2) is 24.0 Å². The molecule has 0 spiro atoms. The first-order chi connectivity index (χ1) is 18.1. The molecule has 0 aliphatic carbocycles. The van der Waals surface area contributed by atoms with E-state index in [1.165, 1.54) is 0 Å². The predicted molar refractivity (Wildman–Crippen MR) is 153 cm³/mol. The van der Waals surface area contributed by atoms with E-state index in [1.54, 1.807) is 69.2 Å². The molecule has 0 aromatic heterocycles. The molecule has 2 unspecified atom stereocenters. The molecule has 0 aromatic rings. The molecule has 0 heterocycles. The number of amides is 2. The summed E-state index contributed by atoms with van der Waals surface area (Å²) in [4.78, 5) is 60.9. The normalized spacial score (nSPS) is 14.8. The van der Waals surface area contributed by atoms with Gasteiger partial charge in [0.05, 0.1) is 10.5 Å². The Balaban J connectivity index is 5.11. The summed E-state index contributed by atoms with van der Waals surface area (Å²) in [5, 5.41) is 14.1. The Kier molecular flexibility index (Phi) is 15.6. The molecule has 40 heavy (non-hydrogen) atoms. The van der Waals surface area contributed by atoms with Crippen molar-refractivity contribution in [2.45, 2.75) is 116 Å². The zero-order chi connectivity index (χ0) is 31.4. The third-order valence-corrected chi connectivity index (χ3v) is 6.01. The molecule has 14 heteroatoms. The van der Waals surface area contributed by atoms with E-state index in [0.29, 0.717) is 0 Å². The van der Waals surface area contributed by atoms with E-state index in [9.17, 15) is 24.0 Å². The van der Waals surface area contributed by atoms with E-state index in [0.717, 1.165) is 0 Å². The Labute approximate surface area is 249 Å². The fourth-order valence-electron chi connectivity index (χ4n) is 3.00. The quantitative estimate of drug-likeness (QED) is 0.0607. The number of alkyl carbamates (subject to hydrolysis) is 2. The molecule has 0 saturated carbocycles. The second-order valence-electron chi connectivity index (χ2n) is 11.8. The van der Waals surface area contributed by atoms with Gasteiger partial charge >= 0.3 is 30.3 Å². The highest BCUT2D eigenvalue weighted by Gasteiger charge is 2.34. The molecule has 13 nitrogen and oxygen atoms in total. The molecule has 0 bridgehead atoms. The second-order valence-corrected chi connectivity index (χ2v) is 13.4. The Morgan fingerprint density at radius 1 is 0.750 bits per heavy atom. The van der Waals surface area contributed by atoms with Gasteiger partial charge in [-0.1, -0.05) is 50.3 Å². The Morgan fingerprint density at radius 3 is 1.55 bits per heavy atom. The third kappa shape index (κ3) is 16.6. The summed E-state index contributed by atoms with van der Waals surface area (Å²) < 4.78 is 25.1. The lowest BCUT2D eigenvalue weighted by Crippen LogP contribution is -2.49. The van der Waals surface area contributed by atoms with Crippen molar-refractivity contribution < 1.29 is 52.8 Å². The van der Waals surface area contributed by atoms with Crippen LogP contribution in [0.25, 0.3) is 0 Å². The van der Waals surface area contributed by atoms with E-state index in [2.05, 4.69) is 10.6 Å². The van der Waals surface area contributed by atoms with Crippen molar-refractivity contribution in [3.05, 3.63) is 0 Å². The SMILES string of the molecule is CC(C)[C@H](NC(=O)OC(C)(C)C)C(=O)OCCCC(I)C(OC(=O)O)OC(=O)[C@@H](NC(=O)OC(C)(C)C)C(C)C. The van der Waals surface area contributed by atoms with Crippen molar-refractivity contribution in [3.8, 4) is 0 Å². The number of nitrogens with one attached hydrogen (secondary N) is 2. The number of carbonyl (C=O) groups excluding carboxylic acids is 4. The molecule has 0 saturated heterocycles. The van der Waals surface area contributed by atoms with Crippen molar-refractivity contribution in [2.75, 3.05) is 6.61 Å². The average molecular weight is 689 g/mol. The fourth-order valence-corrected chi connectivity index (χ4v) is 3.73. The molecule has 0 rings (SSSR count). The van der Waals surface area contributed by atoms with Gasteiger partial charge in [0.25, 0.3) is 6.29 Å². The summed E-state index contributed by atoms with van der Waals surface area (Å²) in [6.07, 6.45) is -4.19. The van der Waals surface area contributed by atoms with Gasteiger partial charge in [0.15, 0.2) is 0 Å². The maximum atomic E-state index is 12.8. The number of rotatable bonds is 13. The summed E-state index contributed by atoms with van der Waals surface area (Å²) >= 11 is 1.87. The highest BCUT2D eigenvalue weighted by molar-refractivity contribution is 14.1. The van der Waals surface area contributed by atoms with Gasteiger partial charge in [-0.2, -0.15) is 0 Å². The molecule has 0 radical (unpaired) electrons. The van der Waals surface area contributed by atoms with Crippen molar-refractivity contribution in [2.24, 2.45) is 11.8 Å². The van der Waals surface area contributed by atoms with Crippen molar-refractivity contribution in [1.82, 2.24) is 10.6 Å². The molecule has 2 amide bonds. The van der Waals surface area contributed by atoms with E-state index in [1.807, 2.05) is 22.6 Å². The molecule has 0 aliphatic rings. The number of alkyl halides is 1. The minimum Gasteiger partial charge on any atom is -0.464 e. The lowest BCUT2D eigenvalue weighted by Gasteiger charge is -2.27. The zero-order valence-corrected chi connectivity index (χ0v) is 27.2. The molecule has 3 N–H and O–H groups in total. The number of esters is 2. The number of halogens is 1. The minimum atomic E-state index is -1.65. The van der Waals surface area contributed by atoms with Crippen LogP contribution in [0.5, 0.6) is 0 Å². The summed E-state index contributed by atoms with van der Waals surface area (Å²) in [5.41, 5.74) is -1.52. The van der Waals surface area contributed by atoms with E-state index in [-0.39, 0.29) is 25.4 Å². The van der Waals surface area contributed by atoms with Crippen LogP contribution in [0.4, 0.5) is 14.4 Å². The van der Waals surface area contributed by atoms with Crippen molar-refractivity contribution >= 4 is 52.9 Å². The first kappa shape index (κ1) is 37.5. The lowest BCUT2D eigenvalue weighted by molar-refractivity contribution is -0.173. The van der Waals surface area contributed by atoms with Gasteiger partial charge in [-0.15, -0.1) is 0 Å². The minimum absolute atomic E-state index is 0.0416. The summed E-state index contributed by atoms with van der Waals surface area (Å²) in [7, 11) is 0. The van der Waals surface area contributed by atoms with Gasteiger partial charge in [0.1, 0.15) is 23.3 Å². The summed E-state index contributed by atoms with van der Waals surface area (Å²) in [6, 6.07) is -2.05. The van der Waals surface area contributed by atoms with E-state index < -0.39 is 69.7 Å². The van der Waals surface area contributed by atoms with Crippen LogP contribution in [0.3, 0.4) is 0 Å². The fraction of sp³-hybridized carbons (Fsp3) is 0.808. The van der Waals surface area contributed by atoms with Crippen molar-refractivity contribution in [3.63, 3.8) is 0 Å². The van der Waals surface area contributed by atoms with Gasteiger partial charge in [-0.05, 0) is 66.2 Å². The van der Waals surface area contributed by atoms with Gasteiger partial charge < -0.3 is 39.4 Å². The Bertz CT molecular complexity index is 866. The van der Waals surface area contributed by atoms with Gasteiger partial charge in [0.2, 0.25) is 0 Å². The van der Waals surface area contributed by atoms with Crippen LogP contribution < -0.4 is 10.6 Å². The maximum absolute atomic E-state index is 12.8. The molecule has 4 atom stereocenters. The standard InChI is InChI=1S/C26H45IN2O11/c1-14(2)17(28-22(32)39-25(5,6)7)19(30)36-13-11-12-16(27)21(38-24(34)35)37-20(31)18(15(3)4)29-23(33)40-26(8,9)10/h14-18,21H,11-13H2,1-10H3,(H,28,32)(H,29,33)(H,34,35)/t16?,17-,18-,21?/m0/s1. The average Bonchev–Trinajstić information content (AvgIpc) is 2.74. The lowest BCUT2D eigenvalue weighted by atomic mass is 10.1. The van der Waals surface area contributed by atoms with Gasteiger partial charge in [-0.3, -0.25) is 0 Å². The van der Waals surface area contributed by atoms with Crippen LogP contribution >= 0.6 is 22.6 Å². The highest BCUT2D eigenvalue weighted by Crippen LogP contribution is 2.20. The maximum Gasteiger partial charge on any atom is 0.508 e. The number of carboxylic acid groups (broad SMARTS) is 1. The molecule has 0 aliphatic heterocycles. The van der Waals surface area contributed by atoms with Crippen LogP contribution in [0.2, 0.25) is 0 Å². The van der Waals surface area contributed by atoms with E-state index >= 15 is 0 Å². The number of hydrogen-bond donors (Lipinski definition) is 3. The monoisotopic (exact) mass is 688 g/mol. The Morgan fingerprint density at radius 2 is 1.18 bits per heavy atom. The van der Waals surface area contributed by atoms with Gasteiger partial charge in [0, 0.05) is 0 Å². The first-order valence-corrected chi connectivity index (χ1v) is 14.3. The number of hydrogen-bond acceptors (Lipinski definition) is 10. The number of carbonyl (C=O) groups is 5. The summed E-state index contributed by atoms with van der Waals surface area (Å²) in [6.45, 7) is 16.9. The highest BCUT2D eigenvalue weighted by atomic mass is 127. The molecular weight excluding hydrogens is 643 g/mol. The van der Waals surface area contributed by atoms with Crippen LogP contribution in [-0.2, 0) is 33.3 Å². The first-order valence-electron chi connectivity index (χ1n) is 13.0. The smallest absolute Gasteiger partial charge is 0.464 e. The van der Waals surface area contributed by atoms with Crippen LogP contribution in [0.1, 0.15) is 82.1 Å². The third-order valence-electron chi connectivity index (χ3n) is 4.80. The zero-order valence-electron chi connectivity index (χ0n) is 25.0. The molecule has 0 fully saturated rings. The van der Waals surface area contributed by atoms with Crippen LogP contribution in [0.15, 0.2) is 0 Å². The van der Waals surface area contributed by atoms with Crippen molar-refractivity contribution in [1.29, 1.82) is 0 Å². The topological polar surface area (TPSA) is 176 Å². The molecular formula is C26H45IN2O11. The second kappa shape index (κ2) is 16.7. The van der Waals surface area contributed by atoms with E-state index in [4.69, 9.17) is 28.8 Å². The Hall–Kier alpha value is -2.52. The summed E-state index contributed by atoms with van der Waals surface area (Å²) in [5.74, 6) is -2.22. The van der Waals surface area contributed by atoms with Crippen LogP contribution in [0, 0.1) is 11.8 Å². The molecule has 0 aromatic carbocycles. The predicted octanol–water partition coefficient (Wildman–Crippen LogP) is 4.78. The van der Waals surface area contributed by atoms with Crippen LogP contribution in [-0.4, -0.2) is 75.5 Å². The molecule has 232 valence electrons. The number of ether oxygens (including phenoxy) is 5.